The van der Waals surface area contributed by atoms with E-state index in [0.29, 0.717) is 5.69 Å². The lowest BCUT2D eigenvalue weighted by Crippen LogP contribution is -2.37. The van der Waals surface area contributed by atoms with Gasteiger partial charge in [-0.15, -0.1) is 5.10 Å². The van der Waals surface area contributed by atoms with Crippen molar-refractivity contribution < 1.29 is 14.3 Å². The van der Waals surface area contributed by atoms with Gasteiger partial charge in [-0.1, -0.05) is 26.0 Å². The molecule has 0 aromatic carbocycles. The van der Waals surface area contributed by atoms with Gasteiger partial charge in [-0.05, 0) is 26.2 Å². The molecule has 0 spiro atoms. The number of hydrogen-bond donors (Lipinski definition) is 1. The second kappa shape index (κ2) is 7.19. The maximum absolute atomic E-state index is 12.2. The minimum atomic E-state index is -0.542. The lowest BCUT2D eigenvalue weighted by Gasteiger charge is -2.19. The van der Waals surface area contributed by atoms with Gasteiger partial charge >= 0.3 is 5.97 Å². The third-order valence-corrected chi connectivity index (χ3v) is 3.40. The second-order valence-corrected chi connectivity index (χ2v) is 5.41. The van der Waals surface area contributed by atoms with Crippen molar-refractivity contribution in [2.75, 3.05) is 7.11 Å². The number of esters is 1. The van der Waals surface area contributed by atoms with Crippen LogP contribution in [-0.2, 0) is 9.53 Å². The molecule has 1 aromatic heterocycles. The van der Waals surface area contributed by atoms with E-state index in [-0.39, 0.29) is 23.6 Å². The summed E-state index contributed by atoms with van der Waals surface area (Å²) in [6, 6.07) is -0.451. The number of ether oxygens (including phenoxy) is 1. The van der Waals surface area contributed by atoms with Crippen molar-refractivity contribution in [3.8, 4) is 0 Å². The van der Waals surface area contributed by atoms with Crippen LogP contribution in [0.15, 0.2) is 0 Å². The normalized spacial score (nSPS) is 13.9. The first kappa shape index (κ1) is 17.1. The van der Waals surface area contributed by atoms with E-state index in [2.05, 4.69) is 15.6 Å². The van der Waals surface area contributed by atoms with Crippen molar-refractivity contribution in [3.05, 3.63) is 11.4 Å². The van der Waals surface area contributed by atoms with Crippen molar-refractivity contribution in [1.82, 2.24) is 20.3 Å². The average Bonchev–Trinajstić information content (AvgIpc) is 2.90. The molecule has 0 aliphatic heterocycles. The Hall–Kier alpha value is -1.92. The highest BCUT2D eigenvalue weighted by molar-refractivity contribution is 5.88. The standard InChI is InChI=1S/C14H24N4O3/c1-7-9(4)15-13(19)10(5)18-12(8(2)3)11(16-17-18)14(20)21-6/h8-10H,7H2,1-6H3,(H,15,19). The van der Waals surface area contributed by atoms with Gasteiger partial charge in [0.25, 0.3) is 0 Å². The number of carbonyl (C=O) groups is 2. The predicted octanol–water partition coefficient (Wildman–Crippen LogP) is 1.66. The second-order valence-electron chi connectivity index (χ2n) is 5.41. The fourth-order valence-electron chi connectivity index (χ4n) is 1.94. The summed E-state index contributed by atoms with van der Waals surface area (Å²) in [5, 5.41) is 10.7. The average molecular weight is 296 g/mol. The third kappa shape index (κ3) is 3.80. The van der Waals surface area contributed by atoms with Gasteiger partial charge in [0.1, 0.15) is 6.04 Å². The number of carbonyl (C=O) groups excluding carboxylic acids is 2. The number of nitrogens with one attached hydrogen (secondary N) is 1. The van der Waals surface area contributed by atoms with E-state index >= 15 is 0 Å². The molecule has 1 heterocycles. The first-order chi connectivity index (χ1) is 9.83. The number of rotatable bonds is 6. The summed E-state index contributed by atoms with van der Waals surface area (Å²) in [6.45, 7) is 9.51. The van der Waals surface area contributed by atoms with E-state index in [4.69, 9.17) is 4.74 Å². The van der Waals surface area contributed by atoms with Crippen LogP contribution in [0.4, 0.5) is 0 Å². The fourth-order valence-corrected chi connectivity index (χ4v) is 1.94. The zero-order valence-electron chi connectivity index (χ0n) is 13.5. The van der Waals surface area contributed by atoms with E-state index < -0.39 is 12.0 Å². The number of amides is 1. The smallest absolute Gasteiger partial charge is 0.360 e. The van der Waals surface area contributed by atoms with Gasteiger partial charge in [0.2, 0.25) is 5.91 Å². The van der Waals surface area contributed by atoms with Crippen LogP contribution in [0.1, 0.15) is 69.2 Å². The number of nitrogens with zero attached hydrogens (tertiary/aromatic N) is 3. The predicted molar refractivity (Wildman–Crippen MR) is 78.1 cm³/mol. The molecule has 0 radical (unpaired) electrons. The highest BCUT2D eigenvalue weighted by Crippen LogP contribution is 2.22. The molecule has 118 valence electrons. The first-order valence-electron chi connectivity index (χ1n) is 7.17. The molecule has 0 aliphatic rings. The maximum Gasteiger partial charge on any atom is 0.360 e. The molecule has 21 heavy (non-hydrogen) atoms. The Morgan fingerprint density at radius 1 is 1.29 bits per heavy atom. The van der Waals surface area contributed by atoms with Crippen LogP contribution >= 0.6 is 0 Å². The lowest BCUT2D eigenvalue weighted by atomic mass is 10.1. The molecule has 0 aliphatic carbocycles. The van der Waals surface area contributed by atoms with Crippen LogP contribution in [0.25, 0.3) is 0 Å². The molecule has 1 N–H and O–H groups in total. The molecule has 0 fully saturated rings. The van der Waals surface area contributed by atoms with Gasteiger partial charge in [-0.25, -0.2) is 9.48 Å². The first-order valence-corrected chi connectivity index (χ1v) is 7.17. The van der Waals surface area contributed by atoms with E-state index in [1.54, 1.807) is 6.92 Å². The Bertz CT molecular complexity index is 510. The molecular formula is C14H24N4O3. The van der Waals surface area contributed by atoms with Crippen LogP contribution in [0, 0.1) is 0 Å². The number of aromatic nitrogens is 3. The zero-order valence-corrected chi connectivity index (χ0v) is 13.5. The number of hydrogen-bond acceptors (Lipinski definition) is 5. The Balaban J connectivity index is 3.10. The largest absolute Gasteiger partial charge is 0.464 e. The van der Waals surface area contributed by atoms with Gasteiger partial charge < -0.3 is 10.1 Å². The van der Waals surface area contributed by atoms with Gasteiger partial charge in [-0.2, -0.15) is 0 Å². The van der Waals surface area contributed by atoms with Gasteiger partial charge in [0, 0.05) is 6.04 Å². The Morgan fingerprint density at radius 3 is 2.38 bits per heavy atom. The van der Waals surface area contributed by atoms with Gasteiger partial charge in [0.15, 0.2) is 5.69 Å². The monoisotopic (exact) mass is 296 g/mol. The molecule has 0 saturated heterocycles. The molecule has 2 unspecified atom stereocenters. The summed E-state index contributed by atoms with van der Waals surface area (Å²) >= 11 is 0. The minimum absolute atomic E-state index is 0.00653. The Kier molecular flexibility index (Phi) is 5.87. The molecular weight excluding hydrogens is 272 g/mol. The van der Waals surface area contributed by atoms with Crippen molar-refractivity contribution in [3.63, 3.8) is 0 Å². The highest BCUT2D eigenvalue weighted by Gasteiger charge is 2.27. The van der Waals surface area contributed by atoms with E-state index in [9.17, 15) is 9.59 Å². The molecule has 1 aromatic rings. The van der Waals surface area contributed by atoms with Crippen molar-refractivity contribution in [2.24, 2.45) is 0 Å². The maximum atomic E-state index is 12.2. The fraction of sp³-hybridized carbons (Fsp3) is 0.714. The van der Waals surface area contributed by atoms with E-state index in [1.807, 2.05) is 27.7 Å². The van der Waals surface area contributed by atoms with Crippen LogP contribution in [0.2, 0.25) is 0 Å². The molecule has 7 heteroatoms. The summed E-state index contributed by atoms with van der Waals surface area (Å²) in [5.41, 5.74) is 0.768. The molecule has 1 rings (SSSR count). The summed E-state index contributed by atoms with van der Waals surface area (Å²) in [5.74, 6) is -0.694. The molecule has 1 amide bonds. The van der Waals surface area contributed by atoms with Crippen molar-refractivity contribution in [2.45, 2.75) is 59.0 Å². The molecule has 0 saturated carbocycles. The van der Waals surface area contributed by atoms with Crippen LogP contribution in [0.5, 0.6) is 0 Å². The molecule has 2 atom stereocenters. The highest BCUT2D eigenvalue weighted by atomic mass is 16.5. The summed E-state index contributed by atoms with van der Waals surface area (Å²) in [6.07, 6.45) is 0.847. The van der Waals surface area contributed by atoms with Crippen molar-refractivity contribution in [1.29, 1.82) is 0 Å². The quantitative estimate of drug-likeness (QED) is 0.807. The Labute approximate surface area is 125 Å². The SMILES string of the molecule is CCC(C)NC(=O)C(C)n1nnc(C(=O)OC)c1C(C)C. The van der Waals surface area contributed by atoms with Crippen LogP contribution in [-0.4, -0.2) is 40.0 Å². The van der Waals surface area contributed by atoms with Crippen LogP contribution < -0.4 is 5.32 Å². The van der Waals surface area contributed by atoms with Crippen LogP contribution in [0.3, 0.4) is 0 Å². The number of methoxy groups -OCH3 is 1. The zero-order chi connectivity index (χ0) is 16.2. The lowest BCUT2D eigenvalue weighted by molar-refractivity contribution is -0.124. The van der Waals surface area contributed by atoms with Gasteiger partial charge in [0.05, 0.1) is 12.8 Å². The topological polar surface area (TPSA) is 86.1 Å². The third-order valence-electron chi connectivity index (χ3n) is 3.40. The summed E-state index contributed by atoms with van der Waals surface area (Å²) in [7, 11) is 1.30. The van der Waals surface area contributed by atoms with Gasteiger partial charge in [-0.3, -0.25) is 4.79 Å². The Morgan fingerprint density at radius 2 is 1.90 bits per heavy atom. The van der Waals surface area contributed by atoms with Crippen molar-refractivity contribution >= 4 is 11.9 Å². The van der Waals surface area contributed by atoms with E-state index in [0.717, 1.165) is 6.42 Å². The summed E-state index contributed by atoms with van der Waals surface area (Å²) in [4.78, 5) is 24.0. The minimum Gasteiger partial charge on any atom is -0.464 e. The summed E-state index contributed by atoms with van der Waals surface area (Å²) < 4.78 is 6.20. The van der Waals surface area contributed by atoms with E-state index in [1.165, 1.54) is 11.8 Å². The molecule has 7 nitrogen and oxygen atoms in total. The molecule has 0 bridgehead atoms.